The fraction of sp³-hybridized carbons (Fsp3) is 0.583. The van der Waals surface area contributed by atoms with Crippen molar-refractivity contribution in [1.82, 2.24) is 14.9 Å². The van der Waals surface area contributed by atoms with Gasteiger partial charge in [0.05, 0.1) is 10.2 Å². The maximum absolute atomic E-state index is 11.8. The molecule has 0 bridgehead atoms. The van der Waals surface area contributed by atoms with Crippen LogP contribution in [-0.2, 0) is 16.1 Å². The van der Waals surface area contributed by atoms with Crippen molar-refractivity contribution < 1.29 is 9.53 Å². The van der Waals surface area contributed by atoms with E-state index in [9.17, 15) is 9.59 Å². The first-order chi connectivity index (χ1) is 8.97. The third kappa shape index (κ3) is 4.43. The molecule has 1 N–H and O–H groups in total. The molecule has 1 rings (SSSR count). The van der Waals surface area contributed by atoms with E-state index in [1.54, 1.807) is 21.0 Å². The number of amides is 1. The second-order valence-corrected chi connectivity index (χ2v) is 4.95. The highest BCUT2D eigenvalue weighted by Gasteiger charge is 2.11. The molecule has 0 saturated heterocycles. The summed E-state index contributed by atoms with van der Waals surface area (Å²) in [5, 5.41) is 2.73. The third-order valence-electron chi connectivity index (χ3n) is 2.68. The van der Waals surface area contributed by atoms with Gasteiger partial charge in [0.25, 0.3) is 0 Å². The maximum Gasteiger partial charge on any atom is 0.348 e. The molecule has 0 atom stereocenters. The predicted molar refractivity (Wildman–Crippen MR) is 75.2 cm³/mol. The smallest absolute Gasteiger partial charge is 0.348 e. The van der Waals surface area contributed by atoms with Crippen molar-refractivity contribution in [3.63, 3.8) is 0 Å². The number of rotatable bonds is 6. The average molecular weight is 332 g/mol. The van der Waals surface area contributed by atoms with Crippen molar-refractivity contribution in [3.05, 3.63) is 26.3 Å². The monoisotopic (exact) mass is 331 g/mol. The first-order valence-corrected chi connectivity index (χ1v) is 6.75. The Morgan fingerprint density at radius 2 is 2.16 bits per heavy atom. The fourth-order valence-corrected chi connectivity index (χ4v) is 1.91. The number of halogens is 1. The zero-order valence-electron chi connectivity index (χ0n) is 11.3. The zero-order valence-corrected chi connectivity index (χ0v) is 12.9. The fourth-order valence-electron chi connectivity index (χ4n) is 1.61. The Morgan fingerprint density at radius 1 is 1.47 bits per heavy atom. The van der Waals surface area contributed by atoms with Gasteiger partial charge in [-0.05, 0) is 36.2 Å². The van der Waals surface area contributed by atoms with Crippen LogP contribution in [0, 0.1) is 13.8 Å². The van der Waals surface area contributed by atoms with E-state index in [1.165, 1.54) is 4.57 Å². The lowest BCUT2D eigenvalue weighted by Gasteiger charge is -2.12. The number of carbonyl (C=O) groups excluding carboxylic acids is 1. The largest absolute Gasteiger partial charge is 0.385 e. The molecule has 1 aromatic heterocycles. The van der Waals surface area contributed by atoms with Gasteiger partial charge in [-0.15, -0.1) is 0 Å². The number of aryl methyl sites for hydroxylation is 1. The van der Waals surface area contributed by atoms with E-state index >= 15 is 0 Å². The molecule has 0 aliphatic carbocycles. The molecule has 1 amide bonds. The number of ether oxygens (including phenoxy) is 1. The predicted octanol–water partition coefficient (Wildman–Crippen LogP) is 0.775. The summed E-state index contributed by atoms with van der Waals surface area (Å²) in [5.41, 5.74) is 0.911. The number of nitrogens with zero attached hydrogens (tertiary/aromatic N) is 2. The van der Waals surface area contributed by atoms with Crippen molar-refractivity contribution in [2.75, 3.05) is 20.3 Å². The minimum Gasteiger partial charge on any atom is -0.385 e. The molecule has 0 spiro atoms. The Morgan fingerprint density at radius 3 is 2.79 bits per heavy atom. The van der Waals surface area contributed by atoms with Crippen LogP contribution in [0.4, 0.5) is 0 Å². The summed E-state index contributed by atoms with van der Waals surface area (Å²) in [7, 11) is 1.61. The molecule has 0 radical (unpaired) electrons. The molecular formula is C12H18BrN3O3. The summed E-state index contributed by atoms with van der Waals surface area (Å²) in [5.74, 6) is -0.209. The van der Waals surface area contributed by atoms with E-state index in [0.29, 0.717) is 24.5 Å². The molecule has 19 heavy (non-hydrogen) atoms. The summed E-state index contributed by atoms with van der Waals surface area (Å²) in [4.78, 5) is 27.3. The van der Waals surface area contributed by atoms with Crippen LogP contribution in [0.3, 0.4) is 0 Å². The van der Waals surface area contributed by atoms with Crippen LogP contribution < -0.4 is 11.0 Å². The van der Waals surface area contributed by atoms with E-state index in [4.69, 9.17) is 4.74 Å². The molecule has 0 saturated carbocycles. The van der Waals surface area contributed by atoms with Crippen LogP contribution in [0.25, 0.3) is 0 Å². The highest BCUT2D eigenvalue weighted by Crippen LogP contribution is 2.16. The van der Waals surface area contributed by atoms with Gasteiger partial charge in [0.1, 0.15) is 6.54 Å². The lowest BCUT2D eigenvalue weighted by Crippen LogP contribution is -2.35. The maximum atomic E-state index is 11.8. The van der Waals surface area contributed by atoms with Crippen LogP contribution in [0.2, 0.25) is 0 Å². The van der Waals surface area contributed by atoms with Crippen LogP contribution in [0.1, 0.15) is 17.8 Å². The zero-order chi connectivity index (χ0) is 14.4. The van der Waals surface area contributed by atoms with Crippen molar-refractivity contribution >= 4 is 21.8 Å². The molecule has 0 unspecified atom stereocenters. The Hall–Kier alpha value is -1.21. The Labute approximate surface area is 120 Å². The quantitative estimate of drug-likeness (QED) is 0.781. The van der Waals surface area contributed by atoms with Crippen molar-refractivity contribution in [3.8, 4) is 0 Å². The molecule has 1 aromatic rings. The first-order valence-electron chi connectivity index (χ1n) is 5.96. The van der Waals surface area contributed by atoms with Gasteiger partial charge < -0.3 is 10.1 Å². The van der Waals surface area contributed by atoms with Crippen molar-refractivity contribution in [1.29, 1.82) is 0 Å². The molecule has 0 fully saturated rings. The van der Waals surface area contributed by atoms with Gasteiger partial charge in [-0.3, -0.25) is 9.36 Å². The number of carbonyl (C=O) groups is 1. The van der Waals surface area contributed by atoms with E-state index in [2.05, 4.69) is 26.2 Å². The van der Waals surface area contributed by atoms with E-state index in [0.717, 1.165) is 10.9 Å². The summed E-state index contributed by atoms with van der Waals surface area (Å²) in [6, 6.07) is 0. The van der Waals surface area contributed by atoms with Gasteiger partial charge in [0, 0.05) is 26.0 Å². The van der Waals surface area contributed by atoms with Crippen LogP contribution in [0.15, 0.2) is 9.27 Å². The van der Waals surface area contributed by atoms with Gasteiger partial charge in [0.15, 0.2) is 0 Å². The second-order valence-electron chi connectivity index (χ2n) is 4.16. The minimum absolute atomic E-state index is 0.0243. The summed E-state index contributed by atoms with van der Waals surface area (Å²) in [6.45, 7) is 4.62. The van der Waals surface area contributed by atoms with E-state index in [-0.39, 0.29) is 12.5 Å². The molecule has 0 aromatic carbocycles. The van der Waals surface area contributed by atoms with E-state index in [1.807, 2.05) is 0 Å². The summed E-state index contributed by atoms with van der Waals surface area (Å²) >= 11 is 3.36. The standard InChI is InChI=1S/C12H18BrN3O3/c1-8-11(13)9(2)16(12(18)15-8)7-10(17)14-5-4-6-19-3/h4-7H2,1-3H3,(H,14,17). The molecule has 7 heteroatoms. The van der Waals surface area contributed by atoms with Gasteiger partial charge in [-0.25, -0.2) is 4.79 Å². The van der Waals surface area contributed by atoms with Gasteiger partial charge in [-0.1, -0.05) is 0 Å². The van der Waals surface area contributed by atoms with Crippen molar-refractivity contribution in [2.24, 2.45) is 0 Å². The summed E-state index contributed by atoms with van der Waals surface area (Å²) < 4.78 is 6.99. The van der Waals surface area contributed by atoms with Gasteiger partial charge in [-0.2, -0.15) is 4.98 Å². The van der Waals surface area contributed by atoms with Gasteiger partial charge >= 0.3 is 5.69 Å². The minimum atomic E-state index is -0.412. The lowest BCUT2D eigenvalue weighted by atomic mass is 10.3. The highest BCUT2D eigenvalue weighted by atomic mass is 79.9. The third-order valence-corrected chi connectivity index (χ3v) is 3.83. The number of nitrogens with one attached hydrogen (secondary N) is 1. The SMILES string of the molecule is COCCCNC(=O)Cn1c(C)c(Br)c(C)nc1=O. The second kappa shape index (κ2) is 7.40. The van der Waals surface area contributed by atoms with Crippen LogP contribution in [-0.4, -0.2) is 35.7 Å². The Bertz CT molecular complexity index is 514. The molecule has 106 valence electrons. The molecule has 0 aliphatic rings. The molecular weight excluding hydrogens is 314 g/mol. The number of hydrogen-bond donors (Lipinski definition) is 1. The number of aromatic nitrogens is 2. The average Bonchev–Trinajstić information content (AvgIpc) is 2.37. The van der Waals surface area contributed by atoms with Crippen molar-refractivity contribution in [2.45, 2.75) is 26.8 Å². The lowest BCUT2D eigenvalue weighted by molar-refractivity contribution is -0.121. The van der Waals surface area contributed by atoms with E-state index < -0.39 is 5.69 Å². The topological polar surface area (TPSA) is 73.2 Å². The first kappa shape index (κ1) is 15.8. The number of hydrogen-bond acceptors (Lipinski definition) is 4. The molecule has 0 aliphatic heterocycles. The summed E-state index contributed by atoms with van der Waals surface area (Å²) in [6.07, 6.45) is 0.742. The molecule has 1 heterocycles. The normalized spacial score (nSPS) is 10.5. The highest BCUT2D eigenvalue weighted by molar-refractivity contribution is 9.10. The van der Waals surface area contributed by atoms with Crippen LogP contribution in [0.5, 0.6) is 0 Å². The Balaban J connectivity index is 2.70. The van der Waals surface area contributed by atoms with Gasteiger partial charge in [0.2, 0.25) is 5.91 Å². The molecule has 6 nitrogen and oxygen atoms in total. The Kier molecular flexibility index (Phi) is 6.17. The van der Waals surface area contributed by atoms with Crippen LogP contribution >= 0.6 is 15.9 Å². The number of methoxy groups -OCH3 is 1.